The average Bonchev–Trinajstić information content (AvgIpc) is 3.38. The van der Waals surface area contributed by atoms with Crippen LogP contribution >= 0.6 is 0 Å². The van der Waals surface area contributed by atoms with Crippen LogP contribution in [0.3, 0.4) is 0 Å². The van der Waals surface area contributed by atoms with Crippen molar-refractivity contribution in [1.29, 1.82) is 0 Å². The summed E-state index contributed by atoms with van der Waals surface area (Å²) in [5.41, 5.74) is 8.67. The van der Waals surface area contributed by atoms with Crippen LogP contribution in [0.2, 0.25) is 0 Å². The number of para-hydroxylation sites is 1. The van der Waals surface area contributed by atoms with E-state index >= 15 is 0 Å². The van der Waals surface area contributed by atoms with Crippen LogP contribution in [0.4, 0.5) is 4.39 Å². The fourth-order valence-corrected chi connectivity index (χ4v) is 5.96. The van der Waals surface area contributed by atoms with Crippen LogP contribution in [-0.2, 0) is 20.4 Å². The molecule has 38 heavy (non-hydrogen) atoms. The predicted molar refractivity (Wildman–Crippen MR) is 143 cm³/mol. The van der Waals surface area contributed by atoms with Gasteiger partial charge in [-0.15, -0.1) is 0 Å². The first kappa shape index (κ1) is 26.0. The number of carbonyl (C=O) groups excluding carboxylic acids is 1. The molecule has 0 saturated carbocycles. The van der Waals surface area contributed by atoms with E-state index in [-0.39, 0.29) is 28.8 Å². The fourth-order valence-electron chi connectivity index (χ4n) is 5.16. The Hall–Kier alpha value is -3.67. The number of carboxylic acids is 1. The zero-order valence-corrected chi connectivity index (χ0v) is 21.7. The molecule has 1 aromatic heterocycles. The third kappa shape index (κ3) is 4.92. The summed E-state index contributed by atoms with van der Waals surface area (Å²) in [6.07, 6.45) is 2.80. The number of likely N-dealkylation sites (tertiary alicyclic amines) is 1. The first-order valence-corrected chi connectivity index (χ1v) is 14.1. The highest BCUT2D eigenvalue weighted by atomic mass is 32.2. The molecule has 0 spiro atoms. The monoisotopic (exact) mass is 538 g/mol. The van der Waals surface area contributed by atoms with Crippen molar-refractivity contribution < 1.29 is 27.5 Å². The summed E-state index contributed by atoms with van der Waals surface area (Å²) in [7, 11) is -3.45. The number of nitrogens with one attached hydrogen (secondary N) is 1. The standard InChI is InChI=1S/C27H27FN4O5S/c1-14(21-9-18(30-26(21)33)12-32-10-17(29)11-32)19-4-3-5-20-23(25(27(34)35)31-24(19)20)15-6-7-16(22(28)8-15)13-38(2,36)37/h3-9,14,17,31H,10-13,29H2,1-2H3,(H,34,35)/t14-/m0/s1. The Morgan fingerprint density at radius 3 is 2.66 bits per heavy atom. The second-order valence-corrected chi connectivity index (χ2v) is 12.2. The molecule has 1 amide bonds. The number of rotatable bonds is 8. The van der Waals surface area contributed by atoms with Gasteiger partial charge in [-0.25, -0.2) is 22.6 Å². The molecule has 0 bridgehead atoms. The summed E-state index contributed by atoms with van der Waals surface area (Å²) in [4.78, 5) is 34.2. The first-order chi connectivity index (χ1) is 17.9. The van der Waals surface area contributed by atoms with Crippen LogP contribution in [0.1, 0.15) is 34.5 Å². The maximum atomic E-state index is 14.8. The van der Waals surface area contributed by atoms with Crippen molar-refractivity contribution in [2.45, 2.75) is 24.6 Å². The van der Waals surface area contributed by atoms with Crippen molar-refractivity contribution in [3.63, 3.8) is 0 Å². The van der Waals surface area contributed by atoms with E-state index in [0.717, 1.165) is 25.4 Å². The molecule has 0 aliphatic carbocycles. The van der Waals surface area contributed by atoms with Gasteiger partial charge in [0.1, 0.15) is 11.5 Å². The highest BCUT2D eigenvalue weighted by Crippen LogP contribution is 2.39. The number of benzene rings is 2. The van der Waals surface area contributed by atoms with Crippen molar-refractivity contribution in [1.82, 2.24) is 9.88 Å². The number of amides is 1. The molecule has 3 heterocycles. The van der Waals surface area contributed by atoms with Gasteiger partial charge in [0.2, 0.25) is 0 Å². The topological polar surface area (TPSA) is 146 Å². The van der Waals surface area contributed by atoms with Gasteiger partial charge in [0.25, 0.3) is 5.91 Å². The molecule has 11 heteroatoms. The number of aromatic carboxylic acids is 1. The number of fused-ring (bicyclic) bond motifs is 1. The number of nitrogens with two attached hydrogens (primary N) is 1. The number of hydrogen-bond acceptors (Lipinski definition) is 6. The van der Waals surface area contributed by atoms with Crippen molar-refractivity contribution in [2.24, 2.45) is 10.7 Å². The quantitative estimate of drug-likeness (QED) is 0.400. The van der Waals surface area contributed by atoms with Gasteiger partial charge in [0.15, 0.2) is 9.84 Å². The number of hydrogen-bond donors (Lipinski definition) is 3. The SMILES string of the molecule is C[C@H](C1=CC(CN2CC(N)C2)=NC1=O)c1cccc2c(-c3ccc(CS(C)(=O)=O)c(F)c3)c(C(=O)O)[nH]c12. The van der Waals surface area contributed by atoms with Crippen LogP contribution in [0, 0.1) is 5.82 Å². The van der Waals surface area contributed by atoms with Gasteiger partial charge in [0.05, 0.1) is 17.0 Å². The number of aromatic nitrogens is 1. The normalized spacial score (nSPS) is 17.4. The zero-order valence-electron chi connectivity index (χ0n) is 20.9. The highest BCUT2D eigenvalue weighted by molar-refractivity contribution is 7.89. The average molecular weight is 539 g/mol. The van der Waals surface area contributed by atoms with E-state index in [1.807, 2.05) is 13.0 Å². The molecule has 2 aromatic carbocycles. The van der Waals surface area contributed by atoms with Crippen LogP contribution in [-0.4, -0.2) is 72.9 Å². The number of aromatic amines is 1. The van der Waals surface area contributed by atoms with Gasteiger partial charge in [-0.1, -0.05) is 37.3 Å². The lowest BCUT2D eigenvalue weighted by molar-refractivity contribution is -0.114. The van der Waals surface area contributed by atoms with Gasteiger partial charge in [-0.2, -0.15) is 0 Å². The molecule has 198 valence electrons. The second kappa shape index (κ2) is 9.57. The van der Waals surface area contributed by atoms with Gasteiger partial charge < -0.3 is 15.8 Å². The van der Waals surface area contributed by atoms with Crippen molar-refractivity contribution in [3.05, 3.63) is 70.7 Å². The van der Waals surface area contributed by atoms with Crippen molar-refractivity contribution >= 4 is 38.3 Å². The Labute approximate surface area is 218 Å². The largest absolute Gasteiger partial charge is 0.477 e. The molecule has 0 unspecified atom stereocenters. The predicted octanol–water partition coefficient (Wildman–Crippen LogP) is 2.87. The molecule has 2 aliphatic rings. The number of carbonyl (C=O) groups is 2. The summed E-state index contributed by atoms with van der Waals surface area (Å²) in [5, 5.41) is 10.5. The Kier molecular flexibility index (Phi) is 6.54. The molecule has 1 atom stereocenters. The molecule has 1 saturated heterocycles. The second-order valence-electron chi connectivity index (χ2n) is 10.0. The molecule has 1 fully saturated rings. The summed E-state index contributed by atoms with van der Waals surface area (Å²) < 4.78 is 38.1. The third-order valence-corrected chi connectivity index (χ3v) is 7.79. The molecule has 9 nitrogen and oxygen atoms in total. The van der Waals surface area contributed by atoms with E-state index in [4.69, 9.17) is 5.73 Å². The number of carboxylic acid groups (broad SMARTS) is 1. The number of H-pyrrole nitrogens is 1. The minimum absolute atomic E-state index is 0.00461. The van der Waals surface area contributed by atoms with Crippen molar-refractivity contribution in [2.75, 3.05) is 25.9 Å². The lowest BCUT2D eigenvalue weighted by Crippen LogP contribution is -2.56. The molecule has 2 aliphatic heterocycles. The molecule has 0 radical (unpaired) electrons. The Morgan fingerprint density at radius 1 is 1.29 bits per heavy atom. The maximum Gasteiger partial charge on any atom is 0.352 e. The van der Waals surface area contributed by atoms with E-state index in [1.165, 1.54) is 12.1 Å². The van der Waals surface area contributed by atoms with E-state index in [1.54, 1.807) is 18.2 Å². The van der Waals surface area contributed by atoms with Gasteiger partial charge in [-0.05, 0) is 23.3 Å². The third-order valence-electron chi connectivity index (χ3n) is 6.96. The van der Waals surface area contributed by atoms with Gasteiger partial charge in [-0.3, -0.25) is 9.69 Å². The van der Waals surface area contributed by atoms with E-state index in [9.17, 15) is 27.5 Å². The number of aliphatic imine (C=N–C) groups is 1. The molecule has 5 rings (SSSR count). The highest BCUT2D eigenvalue weighted by Gasteiger charge is 2.30. The molecule has 3 aromatic rings. The number of nitrogens with zero attached hydrogens (tertiary/aromatic N) is 2. The van der Waals surface area contributed by atoms with Crippen LogP contribution in [0.5, 0.6) is 0 Å². The summed E-state index contributed by atoms with van der Waals surface area (Å²) in [5.74, 6) is -3.16. The van der Waals surface area contributed by atoms with Crippen LogP contribution < -0.4 is 5.73 Å². The Balaban J connectivity index is 1.54. The summed E-state index contributed by atoms with van der Waals surface area (Å²) in [6, 6.07) is 9.46. The molecular weight excluding hydrogens is 511 g/mol. The Bertz CT molecular complexity index is 1650. The van der Waals surface area contributed by atoms with Gasteiger partial charge in [0, 0.05) is 59.9 Å². The van der Waals surface area contributed by atoms with Crippen LogP contribution in [0.15, 0.2) is 53.0 Å². The first-order valence-electron chi connectivity index (χ1n) is 12.1. The minimum Gasteiger partial charge on any atom is -0.477 e. The van der Waals surface area contributed by atoms with Crippen LogP contribution in [0.25, 0.3) is 22.0 Å². The lowest BCUT2D eigenvalue weighted by atomic mass is 9.90. The zero-order chi connectivity index (χ0) is 27.4. The molecular formula is C27H27FN4O5S. The lowest BCUT2D eigenvalue weighted by Gasteiger charge is -2.36. The maximum absolute atomic E-state index is 14.8. The summed E-state index contributed by atoms with van der Waals surface area (Å²) >= 11 is 0. The number of sulfone groups is 1. The number of halogens is 1. The Morgan fingerprint density at radius 2 is 2.03 bits per heavy atom. The van der Waals surface area contributed by atoms with Gasteiger partial charge >= 0.3 is 5.97 Å². The molecule has 4 N–H and O–H groups in total. The summed E-state index contributed by atoms with van der Waals surface area (Å²) in [6.45, 7) is 3.91. The van der Waals surface area contributed by atoms with E-state index in [0.29, 0.717) is 39.9 Å². The minimum atomic E-state index is -3.45. The van der Waals surface area contributed by atoms with E-state index in [2.05, 4.69) is 14.9 Å². The van der Waals surface area contributed by atoms with E-state index < -0.39 is 33.3 Å². The fraction of sp³-hybridized carbons (Fsp3) is 0.296. The smallest absolute Gasteiger partial charge is 0.352 e. The van der Waals surface area contributed by atoms with Crippen molar-refractivity contribution in [3.8, 4) is 11.1 Å².